The van der Waals surface area contributed by atoms with Gasteiger partial charge in [0.1, 0.15) is 0 Å². The molecule has 0 unspecified atom stereocenters. The zero-order valence-electron chi connectivity index (χ0n) is 11.3. The van der Waals surface area contributed by atoms with Crippen LogP contribution in [0.25, 0.3) is 0 Å². The Kier molecular flexibility index (Phi) is 5.71. The number of rotatable bonds is 4. The number of hydrogen-bond donors (Lipinski definition) is 1. The van der Waals surface area contributed by atoms with E-state index < -0.39 is 0 Å². The molecule has 0 bridgehead atoms. The highest BCUT2D eigenvalue weighted by Crippen LogP contribution is 2.26. The van der Waals surface area contributed by atoms with Crippen molar-refractivity contribution in [2.45, 2.75) is 58.0 Å². The van der Waals surface area contributed by atoms with Crippen LogP contribution < -0.4 is 5.32 Å². The van der Waals surface area contributed by atoms with E-state index in [9.17, 15) is 0 Å². The van der Waals surface area contributed by atoms with Gasteiger partial charge in [-0.15, -0.1) is 0 Å². The van der Waals surface area contributed by atoms with Gasteiger partial charge in [0.15, 0.2) is 0 Å². The Morgan fingerprint density at radius 3 is 2.50 bits per heavy atom. The topological polar surface area (TPSA) is 12.0 Å². The molecule has 1 atom stereocenters. The second-order valence-corrected chi connectivity index (χ2v) is 6.37. The molecule has 1 nitrogen and oxygen atoms in total. The Morgan fingerprint density at radius 2 is 1.83 bits per heavy atom. The zero-order valence-corrected chi connectivity index (χ0v) is 12.9. The Hall–Kier alpha value is -0.340. The lowest BCUT2D eigenvalue weighted by atomic mass is 9.93. The third-order valence-corrected chi connectivity index (χ3v) is 4.95. The monoisotopic (exact) mass is 309 g/mol. The highest BCUT2D eigenvalue weighted by atomic mass is 79.9. The quantitative estimate of drug-likeness (QED) is 0.780. The molecule has 0 aromatic heterocycles. The predicted molar refractivity (Wildman–Crippen MR) is 81.6 cm³/mol. The molecule has 0 spiro atoms. The van der Waals surface area contributed by atoms with Crippen LogP contribution in [0.2, 0.25) is 0 Å². The highest BCUT2D eigenvalue weighted by molar-refractivity contribution is 9.10. The Labute approximate surface area is 119 Å². The molecule has 1 N–H and O–H groups in total. The smallest absolute Gasteiger partial charge is 0.0220 e. The third kappa shape index (κ3) is 4.10. The van der Waals surface area contributed by atoms with Crippen LogP contribution in [0, 0.1) is 5.92 Å². The summed E-state index contributed by atoms with van der Waals surface area (Å²) in [4.78, 5) is 0. The summed E-state index contributed by atoms with van der Waals surface area (Å²) in [6, 6.07) is 9.13. The molecular formula is C16H24BrN. The fraction of sp³-hybridized carbons (Fsp3) is 0.625. The maximum absolute atomic E-state index is 3.71. The molecule has 0 aliphatic heterocycles. The lowest BCUT2D eigenvalue weighted by molar-refractivity contribution is 0.336. The molecule has 1 saturated carbocycles. The lowest BCUT2D eigenvalue weighted by Gasteiger charge is -2.24. The zero-order chi connectivity index (χ0) is 12.8. The minimum atomic E-state index is 0.634. The third-order valence-electron chi connectivity index (χ3n) is 4.18. The van der Waals surface area contributed by atoms with Gasteiger partial charge in [0.25, 0.3) is 0 Å². The summed E-state index contributed by atoms with van der Waals surface area (Å²) < 4.78 is 1.21. The predicted octanol–water partition coefficient (Wildman–Crippen LogP) is 4.90. The fourth-order valence-corrected chi connectivity index (χ4v) is 3.32. The SMILES string of the molecule is C[C@H](NCc1ccccc1Br)C1CCCCCC1. The lowest BCUT2D eigenvalue weighted by Crippen LogP contribution is -2.33. The largest absolute Gasteiger partial charge is 0.310 e. The van der Waals surface area contributed by atoms with E-state index in [1.54, 1.807) is 0 Å². The van der Waals surface area contributed by atoms with Crippen LogP contribution >= 0.6 is 15.9 Å². The normalized spacial score (nSPS) is 19.4. The van der Waals surface area contributed by atoms with Crippen molar-refractivity contribution < 1.29 is 0 Å². The summed E-state index contributed by atoms with van der Waals surface area (Å²) in [5, 5.41) is 3.71. The van der Waals surface area contributed by atoms with Gasteiger partial charge in [-0.3, -0.25) is 0 Å². The first-order valence-electron chi connectivity index (χ1n) is 7.24. The van der Waals surface area contributed by atoms with Crippen molar-refractivity contribution in [2.75, 3.05) is 0 Å². The van der Waals surface area contributed by atoms with Crippen molar-refractivity contribution in [3.05, 3.63) is 34.3 Å². The molecule has 0 radical (unpaired) electrons. The molecule has 1 aromatic rings. The first-order chi connectivity index (χ1) is 8.77. The standard InChI is InChI=1S/C16H24BrN/c1-13(14-8-4-2-3-5-9-14)18-12-15-10-6-7-11-16(15)17/h6-7,10-11,13-14,18H,2-5,8-9,12H2,1H3/t13-/m0/s1. The summed E-state index contributed by atoms with van der Waals surface area (Å²) >= 11 is 3.61. The van der Waals surface area contributed by atoms with E-state index in [2.05, 4.69) is 52.4 Å². The molecule has 0 amide bonds. The fourth-order valence-electron chi connectivity index (χ4n) is 2.89. The van der Waals surface area contributed by atoms with E-state index in [1.165, 1.54) is 48.6 Å². The number of halogens is 1. The Balaban J connectivity index is 1.83. The van der Waals surface area contributed by atoms with Gasteiger partial charge in [-0.1, -0.05) is 59.8 Å². The average Bonchev–Trinajstić information content (AvgIpc) is 2.66. The summed E-state index contributed by atoms with van der Waals surface area (Å²) in [5.41, 5.74) is 1.36. The molecule has 1 aliphatic rings. The van der Waals surface area contributed by atoms with Gasteiger partial charge in [-0.2, -0.15) is 0 Å². The van der Waals surface area contributed by atoms with E-state index >= 15 is 0 Å². The summed E-state index contributed by atoms with van der Waals surface area (Å²) in [6.07, 6.45) is 8.53. The summed E-state index contributed by atoms with van der Waals surface area (Å²) in [7, 11) is 0. The second-order valence-electron chi connectivity index (χ2n) is 5.51. The van der Waals surface area contributed by atoms with Crippen LogP contribution in [-0.4, -0.2) is 6.04 Å². The van der Waals surface area contributed by atoms with Crippen molar-refractivity contribution in [3.63, 3.8) is 0 Å². The number of nitrogens with one attached hydrogen (secondary N) is 1. The van der Waals surface area contributed by atoms with Gasteiger partial charge in [0.05, 0.1) is 0 Å². The molecular weight excluding hydrogens is 286 g/mol. The van der Waals surface area contributed by atoms with Gasteiger partial charge < -0.3 is 5.32 Å². The van der Waals surface area contributed by atoms with Crippen LogP contribution in [0.15, 0.2) is 28.7 Å². The molecule has 2 heteroatoms. The maximum atomic E-state index is 3.71. The molecule has 1 aromatic carbocycles. The molecule has 0 heterocycles. The van der Waals surface area contributed by atoms with Crippen LogP contribution in [0.5, 0.6) is 0 Å². The number of benzene rings is 1. The minimum absolute atomic E-state index is 0.634. The van der Waals surface area contributed by atoms with Crippen LogP contribution in [-0.2, 0) is 6.54 Å². The molecule has 1 aliphatic carbocycles. The summed E-state index contributed by atoms with van der Waals surface area (Å²) in [5.74, 6) is 0.870. The van der Waals surface area contributed by atoms with Gasteiger partial charge in [-0.05, 0) is 37.3 Å². The van der Waals surface area contributed by atoms with Crippen molar-refractivity contribution in [2.24, 2.45) is 5.92 Å². The molecule has 1 fully saturated rings. The molecule has 2 rings (SSSR count). The van der Waals surface area contributed by atoms with E-state index in [-0.39, 0.29) is 0 Å². The van der Waals surface area contributed by atoms with Gasteiger partial charge in [-0.25, -0.2) is 0 Å². The van der Waals surface area contributed by atoms with Gasteiger partial charge >= 0.3 is 0 Å². The minimum Gasteiger partial charge on any atom is -0.310 e. The van der Waals surface area contributed by atoms with Crippen molar-refractivity contribution in [3.8, 4) is 0 Å². The van der Waals surface area contributed by atoms with Crippen molar-refractivity contribution >= 4 is 15.9 Å². The average molecular weight is 310 g/mol. The van der Waals surface area contributed by atoms with Crippen LogP contribution in [0.1, 0.15) is 51.0 Å². The van der Waals surface area contributed by atoms with Crippen LogP contribution in [0.4, 0.5) is 0 Å². The van der Waals surface area contributed by atoms with Crippen molar-refractivity contribution in [1.29, 1.82) is 0 Å². The first kappa shape index (κ1) is 14.1. The molecule has 100 valence electrons. The van der Waals surface area contributed by atoms with E-state index in [0.29, 0.717) is 6.04 Å². The van der Waals surface area contributed by atoms with E-state index in [0.717, 1.165) is 12.5 Å². The molecule has 0 saturated heterocycles. The van der Waals surface area contributed by atoms with Gasteiger partial charge in [0, 0.05) is 17.1 Å². The first-order valence-corrected chi connectivity index (χ1v) is 8.03. The van der Waals surface area contributed by atoms with Crippen molar-refractivity contribution in [1.82, 2.24) is 5.32 Å². The Bertz CT molecular complexity index is 356. The number of hydrogen-bond acceptors (Lipinski definition) is 1. The van der Waals surface area contributed by atoms with E-state index in [4.69, 9.17) is 0 Å². The van der Waals surface area contributed by atoms with Crippen LogP contribution in [0.3, 0.4) is 0 Å². The van der Waals surface area contributed by atoms with E-state index in [1.807, 2.05) is 0 Å². The summed E-state index contributed by atoms with van der Waals surface area (Å²) in [6.45, 7) is 3.33. The second kappa shape index (κ2) is 7.30. The van der Waals surface area contributed by atoms with Gasteiger partial charge in [0.2, 0.25) is 0 Å². The maximum Gasteiger partial charge on any atom is 0.0220 e. The molecule has 18 heavy (non-hydrogen) atoms. The Morgan fingerprint density at radius 1 is 1.17 bits per heavy atom. The highest BCUT2D eigenvalue weighted by Gasteiger charge is 2.18.